The highest BCUT2D eigenvalue weighted by Gasteiger charge is 2.27. The van der Waals surface area contributed by atoms with Crippen molar-refractivity contribution in [2.24, 2.45) is 0 Å². The summed E-state index contributed by atoms with van der Waals surface area (Å²) < 4.78 is 35.5. The third-order valence-corrected chi connectivity index (χ3v) is 8.84. The van der Waals surface area contributed by atoms with Crippen LogP contribution in [0.5, 0.6) is 0 Å². The lowest BCUT2D eigenvalue weighted by Crippen LogP contribution is -2.27. The summed E-state index contributed by atoms with van der Waals surface area (Å²) in [7, 11) is -9.34. The van der Waals surface area contributed by atoms with Gasteiger partial charge in [-0.1, -0.05) is 103 Å². The van der Waals surface area contributed by atoms with Gasteiger partial charge in [0.1, 0.15) is 12.2 Å². The zero-order chi connectivity index (χ0) is 33.1. The molecular weight excluding hydrogens is 624 g/mol. The molecule has 2 aromatic rings. The highest BCUT2D eigenvalue weighted by molar-refractivity contribution is 7.59. The van der Waals surface area contributed by atoms with Crippen molar-refractivity contribution < 1.29 is 43.3 Å². The van der Waals surface area contributed by atoms with Gasteiger partial charge in [0.2, 0.25) is 5.57 Å². The lowest BCUT2D eigenvalue weighted by atomic mass is 10.0. The Morgan fingerprint density at radius 1 is 0.778 bits per heavy atom. The van der Waals surface area contributed by atoms with Crippen molar-refractivity contribution in [3.05, 3.63) is 5.82 Å². The number of anilines is 1. The number of nitrogens with zero attached hydrogens (tertiary/aromatic N) is 4. The Balaban J connectivity index is 1.74. The average Bonchev–Trinajstić information content (AvgIpc) is 3.32. The van der Waals surface area contributed by atoms with Crippen molar-refractivity contribution in [1.82, 2.24) is 19.5 Å². The second-order valence-corrected chi connectivity index (χ2v) is 14.8. The number of aromatic nitrogens is 4. The van der Waals surface area contributed by atoms with Gasteiger partial charge in [-0.15, -0.1) is 0 Å². The number of unbranched alkanes of at least 4 members (excludes halogenated alkanes) is 15. The van der Waals surface area contributed by atoms with Crippen LogP contribution in [0.15, 0.2) is 0 Å². The van der Waals surface area contributed by atoms with Crippen LogP contribution in [0.4, 0.5) is 5.82 Å². The summed E-state index contributed by atoms with van der Waals surface area (Å²) in [4.78, 5) is 49.6. The predicted molar refractivity (Wildman–Crippen MR) is 174 cm³/mol. The first-order valence-corrected chi connectivity index (χ1v) is 19.8. The molecule has 0 radical (unpaired) electrons. The smallest absolute Gasteiger partial charge is 0.393 e. The van der Waals surface area contributed by atoms with E-state index in [1.54, 1.807) is 0 Å². The molecule has 0 aliphatic rings. The molecule has 0 bridgehead atoms. The number of hydrogen-bond acceptors (Lipinski definition) is 9. The Morgan fingerprint density at radius 3 is 1.80 bits per heavy atom. The van der Waals surface area contributed by atoms with Crippen LogP contribution in [0.3, 0.4) is 0 Å². The minimum atomic E-state index is -4.85. The SMILES string of the molecule is CCCCCCCCCCCCCCCCCCOCCc1nc2c(N)nc(P(=O)(O)O)nc2n1C[C@@H](CO)OCP(=O)(O)O. The number of hydrogen-bond donors (Lipinski definition) is 6. The highest BCUT2D eigenvalue weighted by atomic mass is 31.2. The minimum absolute atomic E-state index is 0.00635. The maximum atomic E-state index is 11.8. The molecule has 7 N–H and O–H groups in total. The van der Waals surface area contributed by atoms with E-state index in [-0.39, 0.29) is 29.9 Å². The second kappa shape index (κ2) is 21.4. The van der Waals surface area contributed by atoms with Gasteiger partial charge in [0, 0.05) is 13.0 Å². The largest absolute Gasteiger partial charge is 0.394 e. The standard InChI is InChI=1S/C29H55N5O9P2/c1-2-3-4-5-6-7-8-9-10-11-12-13-14-15-16-17-19-42-20-18-25-31-26-27(30)32-29(45(39,40)41)33-28(26)34(25)21-24(22-35)43-23-44(36,37)38/h24,35H,2-23H2,1H3,(H2,30,32,33)(H2,36,37,38)(H2,39,40,41)/t24-/m0/s1. The average molecular weight is 680 g/mol. The number of aliphatic hydroxyl groups excluding tert-OH is 1. The van der Waals surface area contributed by atoms with Gasteiger partial charge in [-0.3, -0.25) is 9.13 Å². The fourth-order valence-electron chi connectivity index (χ4n) is 5.16. The van der Waals surface area contributed by atoms with E-state index >= 15 is 0 Å². The van der Waals surface area contributed by atoms with E-state index in [0.29, 0.717) is 19.0 Å². The molecule has 260 valence electrons. The normalized spacial score (nSPS) is 13.2. The van der Waals surface area contributed by atoms with Crippen molar-refractivity contribution in [1.29, 1.82) is 0 Å². The monoisotopic (exact) mass is 679 g/mol. The van der Waals surface area contributed by atoms with Gasteiger partial charge in [-0.25, -0.2) is 15.0 Å². The lowest BCUT2D eigenvalue weighted by molar-refractivity contribution is 0.0196. The summed E-state index contributed by atoms with van der Waals surface area (Å²) in [6.07, 6.45) is 19.0. The molecule has 16 heteroatoms. The van der Waals surface area contributed by atoms with Crippen LogP contribution >= 0.6 is 15.2 Å². The van der Waals surface area contributed by atoms with Crippen LogP contribution in [0.1, 0.15) is 115 Å². The molecule has 0 amide bonds. The van der Waals surface area contributed by atoms with E-state index in [1.165, 1.54) is 94.5 Å². The lowest BCUT2D eigenvalue weighted by Gasteiger charge is -2.18. The predicted octanol–water partition coefficient (Wildman–Crippen LogP) is 4.54. The van der Waals surface area contributed by atoms with Crippen molar-refractivity contribution in [3.63, 3.8) is 0 Å². The number of rotatable bonds is 27. The first kappa shape index (κ1) is 39.7. The molecule has 0 spiro atoms. The van der Waals surface area contributed by atoms with Crippen molar-refractivity contribution in [2.75, 3.05) is 31.9 Å². The van der Waals surface area contributed by atoms with Gasteiger partial charge in [-0.05, 0) is 6.42 Å². The summed E-state index contributed by atoms with van der Waals surface area (Å²) in [6, 6.07) is 0. The molecule has 2 aromatic heterocycles. The Hall–Kier alpha value is -1.47. The molecule has 0 saturated carbocycles. The molecule has 2 heterocycles. The molecule has 2 rings (SSSR count). The first-order valence-electron chi connectivity index (χ1n) is 16.4. The van der Waals surface area contributed by atoms with Gasteiger partial charge in [-0.2, -0.15) is 0 Å². The van der Waals surface area contributed by atoms with Crippen molar-refractivity contribution in [3.8, 4) is 0 Å². The number of nitrogens with two attached hydrogens (primary N) is 1. The molecule has 0 fully saturated rings. The number of ether oxygens (including phenoxy) is 2. The van der Waals surface area contributed by atoms with Gasteiger partial charge in [0.25, 0.3) is 0 Å². The van der Waals surface area contributed by atoms with Crippen LogP contribution in [-0.2, 0) is 31.6 Å². The molecule has 0 aliphatic carbocycles. The number of imidazole rings is 1. The fourth-order valence-corrected chi connectivity index (χ4v) is 6.02. The van der Waals surface area contributed by atoms with Crippen LogP contribution in [0.2, 0.25) is 0 Å². The Morgan fingerprint density at radius 2 is 1.31 bits per heavy atom. The van der Waals surface area contributed by atoms with E-state index in [0.717, 1.165) is 12.8 Å². The molecule has 0 aliphatic heterocycles. The first-order chi connectivity index (χ1) is 21.5. The summed E-state index contributed by atoms with van der Waals surface area (Å²) in [6.45, 7) is 2.40. The summed E-state index contributed by atoms with van der Waals surface area (Å²) in [5.74, 6) is 0.156. The van der Waals surface area contributed by atoms with E-state index in [4.69, 9.17) is 25.0 Å². The quantitative estimate of drug-likeness (QED) is 0.0564. The summed E-state index contributed by atoms with van der Waals surface area (Å²) >= 11 is 0. The van der Waals surface area contributed by atoms with Crippen molar-refractivity contribution in [2.45, 2.75) is 129 Å². The van der Waals surface area contributed by atoms with Crippen molar-refractivity contribution >= 4 is 37.7 Å². The van der Waals surface area contributed by atoms with Crippen LogP contribution in [-0.4, -0.2) is 76.5 Å². The fraction of sp³-hybridized carbons (Fsp3) is 0.828. The van der Waals surface area contributed by atoms with Crippen LogP contribution in [0, 0.1) is 0 Å². The Kier molecular flexibility index (Phi) is 18.9. The van der Waals surface area contributed by atoms with E-state index in [1.807, 2.05) is 0 Å². The number of nitrogen functional groups attached to an aromatic ring is 1. The Bertz CT molecular complexity index is 1200. The number of aliphatic hydroxyl groups is 1. The van der Waals surface area contributed by atoms with Gasteiger partial charge >= 0.3 is 15.2 Å². The molecule has 0 saturated heterocycles. The number of fused-ring (bicyclic) bond motifs is 1. The summed E-state index contributed by atoms with van der Waals surface area (Å²) in [5.41, 5.74) is 5.26. The molecule has 0 unspecified atom stereocenters. The Labute approximate surface area is 266 Å². The summed E-state index contributed by atoms with van der Waals surface area (Å²) in [5, 5.41) is 9.75. The molecule has 1 atom stereocenters. The molecule has 0 aromatic carbocycles. The zero-order valence-corrected chi connectivity index (χ0v) is 28.6. The van der Waals surface area contributed by atoms with E-state index in [2.05, 4.69) is 21.9 Å². The third-order valence-electron chi connectivity index (χ3n) is 7.63. The molecule has 14 nitrogen and oxygen atoms in total. The van der Waals surface area contributed by atoms with Gasteiger partial charge in [0.05, 0.1) is 25.9 Å². The third kappa shape index (κ3) is 16.3. The molecule has 45 heavy (non-hydrogen) atoms. The van der Waals surface area contributed by atoms with Crippen LogP contribution in [0.25, 0.3) is 11.2 Å². The minimum Gasteiger partial charge on any atom is -0.394 e. The maximum Gasteiger partial charge on any atom is 0.393 e. The second-order valence-electron chi connectivity index (χ2n) is 11.7. The van der Waals surface area contributed by atoms with E-state index in [9.17, 15) is 24.0 Å². The van der Waals surface area contributed by atoms with E-state index < -0.39 is 39.8 Å². The zero-order valence-electron chi connectivity index (χ0n) is 26.8. The topological polar surface area (TPSA) is 223 Å². The highest BCUT2D eigenvalue weighted by Crippen LogP contribution is 2.35. The maximum absolute atomic E-state index is 11.8. The van der Waals surface area contributed by atoms with Crippen LogP contribution < -0.4 is 11.3 Å². The van der Waals surface area contributed by atoms with Gasteiger partial charge in [0.15, 0.2) is 17.0 Å². The molecular formula is C29H55N5O9P2. The van der Waals surface area contributed by atoms with Gasteiger partial charge < -0.3 is 44.5 Å².